The Morgan fingerprint density at radius 3 is 3.00 bits per heavy atom. The second kappa shape index (κ2) is 6.62. The van der Waals surface area contributed by atoms with E-state index in [0.717, 1.165) is 18.2 Å². The van der Waals surface area contributed by atoms with Crippen LogP contribution in [0.5, 0.6) is 0 Å². The van der Waals surface area contributed by atoms with Gasteiger partial charge in [-0.1, -0.05) is 18.2 Å². The second-order valence-corrected chi connectivity index (χ2v) is 5.05. The van der Waals surface area contributed by atoms with E-state index in [-0.39, 0.29) is 12.3 Å². The summed E-state index contributed by atoms with van der Waals surface area (Å²) in [7, 11) is 0. The summed E-state index contributed by atoms with van der Waals surface area (Å²) in [6.07, 6.45) is 2.77. The van der Waals surface area contributed by atoms with Crippen molar-refractivity contribution in [3.63, 3.8) is 0 Å². The topological polar surface area (TPSA) is 66.8 Å². The van der Waals surface area contributed by atoms with E-state index in [2.05, 4.69) is 0 Å². The van der Waals surface area contributed by atoms with Crippen molar-refractivity contribution in [1.29, 1.82) is 0 Å². The van der Waals surface area contributed by atoms with Crippen molar-refractivity contribution >= 4 is 23.2 Å². The van der Waals surface area contributed by atoms with Crippen LogP contribution in [0, 0.1) is 0 Å². The fourth-order valence-electron chi connectivity index (χ4n) is 2.50. The molecule has 116 valence electrons. The number of carbonyl (C=O) groups excluding carboxylic acids is 2. The molecule has 22 heavy (non-hydrogen) atoms. The third-order valence-electron chi connectivity index (χ3n) is 3.52. The first kappa shape index (κ1) is 14.6. The van der Waals surface area contributed by atoms with Gasteiger partial charge in [0.2, 0.25) is 6.29 Å². The molecule has 0 aliphatic carbocycles. The Hall–Kier alpha value is -2.34. The van der Waals surface area contributed by atoms with Crippen molar-refractivity contribution in [2.75, 3.05) is 13.2 Å². The molecule has 0 N–H and O–H groups in total. The van der Waals surface area contributed by atoms with Gasteiger partial charge in [-0.05, 0) is 25.0 Å². The molecule has 6 heteroatoms. The summed E-state index contributed by atoms with van der Waals surface area (Å²) in [6.45, 7) is 0.460. The highest BCUT2D eigenvalue weighted by atomic mass is 16.7. The van der Waals surface area contributed by atoms with Gasteiger partial charge in [0.15, 0.2) is 18.6 Å². The summed E-state index contributed by atoms with van der Waals surface area (Å²) in [6, 6.07) is 9.07. The van der Waals surface area contributed by atoms with Crippen molar-refractivity contribution in [3.05, 3.63) is 36.0 Å². The second-order valence-electron chi connectivity index (χ2n) is 5.05. The molecule has 0 amide bonds. The van der Waals surface area contributed by atoms with E-state index in [1.165, 1.54) is 4.73 Å². The highest BCUT2D eigenvalue weighted by molar-refractivity contribution is 5.95. The van der Waals surface area contributed by atoms with Crippen molar-refractivity contribution in [3.8, 4) is 0 Å². The molecule has 1 fully saturated rings. The van der Waals surface area contributed by atoms with Gasteiger partial charge in [0, 0.05) is 11.8 Å². The van der Waals surface area contributed by atoms with Crippen molar-refractivity contribution in [2.24, 2.45) is 0 Å². The minimum absolute atomic E-state index is 0.140. The number of esters is 1. The first-order valence-corrected chi connectivity index (χ1v) is 7.29. The van der Waals surface area contributed by atoms with Crippen LogP contribution in [0.4, 0.5) is 0 Å². The van der Waals surface area contributed by atoms with Crippen LogP contribution in [0.3, 0.4) is 0 Å². The molecule has 2 aromatic rings. The van der Waals surface area contributed by atoms with Gasteiger partial charge in [0.05, 0.1) is 12.1 Å². The molecule has 1 saturated heterocycles. The number of aldehydes is 1. The van der Waals surface area contributed by atoms with E-state index < -0.39 is 12.3 Å². The zero-order chi connectivity index (χ0) is 15.4. The Morgan fingerprint density at radius 1 is 1.36 bits per heavy atom. The Labute approximate surface area is 127 Å². The van der Waals surface area contributed by atoms with Crippen LogP contribution in [0.15, 0.2) is 30.3 Å². The predicted octanol–water partition coefficient (Wildman–Crippen LogP) is 1.95. The molecule has 2 heterocycles. The number of benzene rings is 1. The zero-order valence-electron chi connectivity index (χ0n) is 12.1. The number of para-hydroxylation sites is 1. The van der Waals surface area contributed by atoms with Crippen LogP contribution in [-0.2, 0) is 14.3 Å². The van der Waals surface area contributed by atoms with Crippen molar-refractivity contribution < 1.29 is 23.9 Å². The molecule has 1 aliphatic rings. The molecule has 0 spiro atoms. The molecule has 1 atom stereocenters. The molecule has 0 saturated carbocycles. The molecule has 1 aromatic heterocycles. The third kappa shape index (κ3) is 2.96. The van der Waals surface area contributed by atoms with Gasteiger partial charge < -0.3 is 14.3 Å². The Kier molecular flexibility index (Phi) is 4.39. The molecule has 6 nitrogen and oxygen atoms in total. The average Bonchev–Trinajstić information content (AvgIpc) is 2.92. The van der Waals surface area contributed by atoms with Crippen LogP contribution < -0.4 is 4.84 Å². The van der Waals surface area contributed by atoms with Crippen LogP contribution in [-0.4, -0.2) is 36.5 Å². The fourth-order valence-corrected chi connectivity index (χ4v) is 2.50. The van der Waals surface area contributed by atoms with E-state index in [1.54, 1.807) is 6.07 Å². The monoisotopic (exact) mass is 303 g/mol. The number of carbonyl (C=O) groups is 2. The molecular formula is C16H17NO5. The number of aromatic nitrogens is 1. The van der Waals surface area contributed by atoms with E-state index in [4.69, 9.17) is 14.3 Å². The number of hydrogen-bond acceptors (Lipinski definition) is 5. The van der Waals surface area contributed by atoms with Gasteiger partial charge in [-0.25, -0.2) is 4.79 Å². The highest BCUT2D eigenvalue weighted by Crippen LogP contribution is 2.21. The van der Waals surface area contributed by atoms with Crippen molar-refractivity contribution in [1.82, 2.24) is 4.73 Å². The minimum atomic E-state index is -0.519. The minimum Gasteiger partial charge on any atom is -0.431 e. The first-order valence-electron chi connectivity index (χ1n) is 7.29. The Bertz CT molecular complexity index is 672. The summed E-state index contributed by atoms with van der Waals surface area (Å²) in [5, 5.41) is 0.838. The molecular weight excluding hydrogens is 286 g/mol. The molecule has 1 unspecified atom stereocenters. The van der Waals surface area contributed by atoms with Gasteiger partial charge >= 0.3 is 5.97 Å². The summed E-state index contributed by atoms with van der Waals surface area (Å²) in [4.78, 5) is 28.3. The molecule has 1 aromatic carbocycles. The molecule has 0 bridgehead atoms. The highest BCUT2D eigenvalue weighted by Gasteiger charge is 2.23. The van der Waals surface area contributed by atoms with Gasteiger partial charge in [0.1, 0.15) is 0 Å². The Morgan fingerprint density at radius 2 is 2.23 bits per heavy atom. The maximum Gasteiger partial charge on any atom is 0.360 e. The fraction of sp³-hybridized carbons (Fsp3) is 0.375. The summed E-state index contributed by atoms with van der Waals surface area (Å²) < 4.78 is 12.1. The first-order chi connectivity index (χ1) is 10.8. The van der Waals surface area contributed by atoms with Crippen LogP contribution in [0.1, 0.15) is 29.8 Å². The maximum absolute atomic E-state index is 12.4. The van der Waals surface area contributed by atoms with E-state index in [0.29, 0.717) is 24.8 Å². The van der Waals surface area contributed by atoms with Gasteiger partial charge in [0.25, 0.3) is 0 Å². The number of nitrogens with zero attached hydrogens (tertiary/aromatic N) is 1. The normalized spacial score (nSPS) is 18.1. The number of hydrogen-bond donors (Lipinski definition) is 0. The number of rotatable bonds is 5. The van der Waals surface area contributed by atoms with E-state index in [1.807, 2.05) is 24.3 Å². The van der Waals surface area contributed by atoms with Crippen LogP contribution in [0.2, 0.25) is 0 Å². The number of fused-ring (bicyclic) bond motifs is 1. The maximum atomic E-state index is 12.4. The average molecular weight is 303 g/mol. The van der Waals surface area contributed by atoms with Crippen LogP contribution in [0.25, 0.3) is 10.9 Å². The predicted molar refractivity (Wildman–Crippen MR) is 78.5 cm³/mol. The van der Waals surface area contributed by atoms with Gasteiger partial charge in [-0.2, -0.15) is 4.73 Å². The molecule has 3 rings (SSSR count). The Balaban J connectivity index is 1.87. The van der Waals surface area contributed by atoms with E-state index in [9.17, 15) is 9.59 Å². The smallest absolute Gasteiger partial charge is 0.360 e. The summed E-state index contributed by atoms with van der Waals surface area (Å²) in [5.41, 5.74) is 0.957. The lowest BCUT2D eigenvalue weighted by Gasteiger charge is -2.22. The number of ether oxygens (including phenoxy) is 2. The van der Waals surface area contributed by atoms with Crippen molar-refractivity contribution in [2.45, 2.75) is 25.6 Å². The zero-order valence-corrected chi connectivity index (χ0v) is 12.1. The SMILES string of the molecule is O=CCOn1c(C(=O)OC2CCCCO2)cc2ccccc21. The lowest BCUT2D eigenvalue weighted by molar-refractivity contribution is -0.132. The lowest BCUT2D eigenvalue weighted by Crippen LogP contribution is -2.27. The standard InChI is InChI=1S/C16H17NO5/c18-8-10-21-17-13-6-2-1-5-12(13)11-14(17)16(19)22-15-7-3-4-9-20-15/h1-2,5-6,8,11,15H,3-4,7,9-10H2. The summed E-state index contributed by atoms with van der Waals surface area (Å²) in [5.74, 6) is -0.519. The molecule has 1 aliphatic heterocycles. The van der Waals surface area contributed by atoms with E-state index >= 15 is 0 Å². The van der Waals surface area contributed by atoms with Crippen LogP contribution >= 0.6 is 0 Å². The molecule has 0 radical (unpaired) electrons. The summed E-state index contributed by atoms with van der Waals surface area (Å²) >= 11 is 0. The lowest BCUT2D eigenvalue weighted by atomic mass is 10.2. The largest absolute Gasteiger partial charge is 0.431 e. The quantitative estimate of drug-likeness (QED) is 0.624. The van der Waals surface area contributed by atoms with Gasteiger partial charge in [-0.15, -0.1) is 0 Å². The third-order valence-corrected chi connectivity index (χ3v) is 3.52. The van der Waals surface area contributed by atoms with Gasteiger partial charge in [-0.3, -0.25) is 4.79 Å².